The minimum absolute atomic E-state index is 0.0550. The highest BCUT2D eigenvalue weighted by molar-refractivity contribution is 5.97. The fourth-order valence-corrected chi connectivity index (χ4v) is 3.69. The Balaban J connectivity index is 1.54. The molecule has 1 aliphatic rings. The van der Waals surface area contributed by atoms with Crippen molar-refractivity contribution in [3.05, 3.63) is 101 Å². The number of aromatic nitrogens is 1. The molecule has 0 bridgehead atoms. The highest BCUT2D eigenvalue weighted by Gasteiger charge is 2.29. The van der Waals surface area contributed by atoms with Gasteiger partial charge in [-0.25, -0.2) is 0 Å². The number of nitrogens with one attached hydrogen (secondary N) is 1. The predicted molar refractivity (Wildman–Crippen MR) is 111 cm³/mol. The molecule has 1 aromatic heterocycles. The molecule has 4 rings (SSSR count). The summed E-state index contributed by atoms with van der Waals surface area (Å²) in [6.45, 7) is 1.23. The fourth-order valence-electron chi connectivity index (χ4n) is 3.69. The molecule has 0 saturated heterocycles. The van der Waals surface area contributed by atoms with Gasteiger partial charge in [-0.05, 0) is 35.2 Å². The first-order valence-electron chi connectivity index (χ1n) is 9.81. The van der Waals surface area contributed by atoms with Crippen LogP contribution >= 0.6 is 0 Å². The standard InChI is InChI=1S/C24H23N3O2/c28-23(20-11-6-13-25-16-20)26-22(15-18-7-2-1-3-8-18)24(29)27-14-12-19-9-4-5-10-21(19)17-27/h1-11,13,16,22H,12,14-15,17H2,(H,26,28)/t22-/m1/s1. The minimum Gasteiger partial charge on any atom is -0.340 e. The SMILES string of the molecule is O=C(N[C@H](Cc1ccccc1)C(=O)N1CCc2ccccc2C1)c1cccnc1. The number of nitrogens with zero attached hydrogens (tertiary/aromatic N) is 2. The monoisotopic (exact) mass is 385 g/mol. The van der Waals surface area contributed by atoms with Gasteiger partial charge in [-0.2, -0.15) is 0 Å². The molecule has 0 aliphatic carbocycles. The number of fused-ring (bicyclic) bond motifs is 1. The normalized spacial score (nSPS) is 14.0. The number of pyridine rings is 1. The van der Waals surface area contributed by atoms with Crippen LogP contribution in [0.1, 0.15) is 27.0 Å². The third-order valence-corrected chi connectivity index (χ3v) is 5.25. The Kier molecular flexibility index (Phi) is 5.66. The van der Waals surface area contributed by atoms with Crippen LogP contribution in [0.3, 0.4) is 0 Å². The molecule has 1 N–H and O–H groups in total. The third kappa shape index (κ3) is 4.51. The van der Waals surface area contributed by atoms with E-state index in [-0.39, 0.29) is 11.8 Å². The van der Waals surface area contributed by atoms with Gasteiger partial charge in [-0.3, -0.25) is 14.6 Å². The number of rotatable bonds is 5. The number of benzene rings is 2. The summed E-state index contributed by atoms with van der Waals surface area (Å²) in [6, 6.07) is 20.8. The molecule has 0 fully saturated rings. The summed E-state index contributed by atoms with van der Waals surface area (Å²) in [7, 11) is 0. The van der Waals surface area contributed by atoms with Crippen molar-refractivity contribution in [2.75, 3.05) is 6.54 Å². The van der Waals surface area contributed by atoms with E-state index in [9.17, 15) is 9.59 Å². The maximum absolute atomic E-state index is 13.4. The van der Waals surface area contributed by atoms with Crippen LogP contribution in [0.5, 0.6) is 0 Å². The molecule has 2 heterocycles. The van der Waals surface area contributed by atoms with Crippen molar-refractivity contribution in [3.8, 4) is 0 Å². The molecule has 5 nitrogen and oxygen atoms in total. The van der Waals surface area contributed by atoms with Gasteiger partial charge in [-0.15, -0.1) is 0 Å². The smallest absolute Gasteiger partial charge is 0.253 e. The molecule has 1 aliphatic heterocycles. The first kappa shape index (κ1) is 18.9. The van der Waals surface area contributed by atoms with Crippen LogP contribution in [0.25, 0.3) is 0 Å². The number of amides is 2. The topological polar surface area (TPSA) is 62.3 Å². The number of carbonyl (C=O) groups excluding carboxylic acids is 2. The summed E-state index contributed by atoms with van der Waals surface area (Å²) in [5, 5.41) is 2.93. The van der Waals surface area contributed by atoms with E-state index < -0.39 is 6.04 Å². The average molecular weight is 385 g/mol. The van der Waals surface area contributed by atoms with E-state index in [0.717, 1.165) is 12.0 Å². The summed E-state index contributed by atoms with van der Waals surface area (Å²) in [4.78, 5) is 31.9. The summed E-state index contributed by atoms with van der Waals surface area (Å²) >= 11 is 0. The molecule has 0 spiro atoms. The molecule has 0 unspecified atom stereocenters. The van der Waals surface area contributed by atoms with Crippen LogP contribution in [-0.4, -0.2) is 34.3 Å². The van der Waals surface area contributed by atoms with E-state index in [0.29, 0.717) is 25.1 Å². The van der Waals surface area contributed by atoms with Crippen LogP contribution < -0.4 is 5.32 Å². The van der Waals surface area contributed by atoms with Gasteiger partial charge >= 0.3 is 0 Å². The molecule has 5 heteroatoms. The molecule has 3 aromatic rings. The van der Waals surface area contributed by atoms with Crippen LogP contribution in [-0.2, 0) is 24.2 Å². The Morgan fingerprint density at radius 3 is 2.48 bits per heavy atom. The lowest BCUT2D eigenvalue weighted by atomic mass is 9.98. The Bertz CT molecular complexity index is 989. The van der Waals surface area contributed by atoms with Gasteiger partial charge in [0.25, 0.3) is 5.91 Å². The molecule has 2 aromatic carbocycles. The molecule has 2 amide bonds. The second-order valence-electron chi connectivity index (χ2n) is 7.24. The third-order valence-electron chi connectivity index (χ3n) is 5.25. The van der Waals surface area contributed by atoms with Gasteiger partial charge < -0.3 is 10.2 Å². The maximum atomic E-state index is 13.4. The largest absolute Gasteiger partial charge is 0.340 e. The first-order valence-corrected chi connectivity index (χ1v) is 9.81. The average Bonchev–Trinajstić information content (AvgIpc) is 2.79. The number of hydrogen-bond donors (Lipinski definition) is 1. The minimum atomic E-state index is -0.629. The van der Waals surface area contributed by atoms with Crippen molar-refractivity contribution in [1.82, 2.24) is 15.2 Å². The Morgan fingerprint density at radius 1 is 0.966 bits per heavy atom. The van der Waals surface area contributed by atoms with Gasteiger partial charge in [0.15, 0.2) is 0 Å². The lowest BCUT2D eigenvalue weighted by molar-refractivity contribution is -0.134. The van der Waals surface area contributed by atoms with Crippen molar-refractivity contribution >= 4 is 11.8 Å². The van der Waals surface area contributed by atoms with Gasteiger partial charge in [0.1, 0.15) is 6.04 Å². The van der Waals surface area contributed by atoms with Gasteiger partial charge in [0, 0.05) is 31.9 Å². The van der Waals surface area contributed by atoms with E-state index in [2.05, 4.69) is 22.4 Å². The molecule has 29 heavy (non-hydrogen) atoms. The summed E-state index contributed by atoms with van der Waals surface area (Å²) in [6.07, 6.45) is 4.41. The van der Waals surface area contributed by atoms with E-state index >= 15 is 0 Å². The van der Waals surface area contributed by atoms with Crippen LogP contribution in [0.15, 0.2) is 79.1 Å². The summed E-state index contributed by atoms with van der Waals surface area (Å²) in [5.41, 5.74) is 3.91. The highest BCUT2D eigenvalue weighted by atomic mass is 16.2. The van der Waals surface area contributed by atoms with Crippen molar-refractivity contribution in [1.29, 1.82) is 0 Å². The predicted octanol–water partition coefficient (Wildman–Crippen LogP) is 3.01. The first-order chi connectivity index (χ1) is 14.2. The second kappa shape index (κ2) is 8.69. The lowest BCUT2D eigenvalue weighted by Gasteiger charge is -2.32. The Morgan fingerprint density at radius 2 is 1.72 bits per heavy atom. The van der Waals surface area contributed by atoms with E-state index in [1.807, 2.05) is 47.4 Å². The van der Waals surface area contributed by atoms with E-state index in [1.54, 1.807) is 18.3 Å². The zero-order valence-electron chi connectivity index (χ0n) is 16.1. The summed E-state index contributed by atoms with van der Waals surface area (Å²) < 4.78 is 0. The van der Waals surface area contributed by atoms with Gasteiger partial charge in [0.2, 0.25) is 5.91 Å². The fraction of sp³-hybridized carbons (Fsp3) is 0.208. The van der Waals surface area contributed by atoms with Crippen LogP contribution in [0.2, 0.25) is 0 Å². The maximum Gasteiger partial charge on any atom is 0.253 e. The van der Waals surface area contributed by atoms with E-state index in [4.69, 9.17) is 0 Å². The number of hydrogen-bond acceptors (Lipinski definition) is 3. The van der Waals surface area contributed by atoms with Crippen molar-refractivity contribution < 1.29 is 9.59 Å². The molecule has 146 valence electrons. The zero-order valence-corrected chi connectivity index (χ0v) is 16.1. The van der Waals surface area contributed by atoms with Crippen molar-refractivity contribution in [2.24, 2.45) is 0 Å². The lowest BCUT2D eigenvalue weighted by Crippen LogP contribution is -2.50. The van der Waals surface area contributed by atoms with Gasteiger partial charge in [-0.1, -0.05) is 54.6 Å². The molecular formula is C24H23N3O2. The Hall–Kier alpha value is -3.47. The second-order valence-corrected chi connectivity index (χ2v) is 7.24. The highest BCUT2D eigenvalue weighted by Crippen LogP contribution is 2.20. The van der Waals surface area contributed by atoms with E-state index in [1.165, 1.54) is 17.3 Å². The molecular weight excluding hydrogens is 362 g/mol. The quantitative estimate of drug-likeness (QED) is 0.734. The van der Waals surface area contributed by atoms with Crippen LogP contribution in [0, 0.1) is 0 Å². The van der Waals surface area contributed by atoms with Gasteiger partial charge in [0.05, 0.1) is 5.56 Å². The zero-order chi connectivity index (χ0) is 20.1. The summed E-state index contributed by atoms with van der Waals surface area (Å²) in [5.74, 6) is -0.342. The molecule has 0 radical (unpaired) electrons. The van der Waals surface area contributed by atoms with Crippen LogP contribution in [0.4, 0.5) is 0 Å². The van der Waals surface area contributed by atoms with Crippen molar-refractivity contribution in [2.45, 2.75) is 25.4 Å². The molecule has 0 saturated carbocycles. The van der Waals surface area contributed by atoms with Crippen molar-refractivity contribution in [3.63, 3.8) is 0 Å². The molecule has 1 atom stereocenters. The number of carbonyl (C=O) groups is 2. The Labute approximate surface area is 170 Å².